The number of nitriles is 1. The van der Waals surface area contributed by atoms with Crippen molar-refractivity contribution in [1.82, 2.24) is 4.98 Å². The monoisotopic (exact) mass is 493 g/mol. The van der Waals surface area contributed by atoms with Gasteiger partial charge in [0.2, 0.25) is 5.91 Å². The maximum absolute atomic E-state index is 12.5. The van der Waals surface area contributed by atoms with E-state index in [0.717, 1.165) is 21.6 Å². The van der Waals surface area contributed by atoms with Crippen LogP contribution in [0.2, 0.25) is 0 Å². The molecule has 0 saturated heterocycles. The van der Waals surface area contributed by atoms with Gasteiger partial charge in [-0.05, 0) is 43.0 Å². The van der Waals surface area contributed by atoms with Crippen LogP contribution in [-0.2, 0) is 38.5 Å². The molecule has 2 aromatic rings. The molecule has 2 heterocycles. The van der Waals surface area contributed by atoms with E-state index in [0.29, 0.717) is 42.0 Å². The van der Waals surface area contributed by atoms with Gasteiger partial charge in [-0.15, -0.1) is 11.3 Å². The Balaban J connectivity index is 1.55. The zero-order valence-corrected chi connectivity index (χ0v) is 20.4. The molecule has 182 valence electrons. The number of fused-ring (bicyclic) bond motifs is 1. The van der Waals surface area contributed by atoms with Crippen LogP contribution >= 0.6 is 11.3 Å². The lowest BCUT2D eigenvalue weighted by atomic mass is 9.94. The number of allylic oxidation sites excluding steroid dienone is 3. The molecule has 1 aliphatic carbocycles. The summed E-state index contributed by atoms with van der Waals surface area (Å²) >= 11 is 1.35. The zero-order chi connectivity index (χ0) is 25.2. The van der Waals surface area contributed by atoms with Crippen LogP contribution < -0.4 is 5.32 Å². The topological polar surface area (TPSA) is 111 Å². The van der Waals surface area contributed by atoms with E-state index < -0.39 is 6.16 Å². The third-order valence-electron chi connectivity index (χ3n) is 5.38. The molecular formula is C26H27N3O5S. The molecule has 0 fully saturated rings. The van der Waals surface area contributed by atoms with Crippen molar-refractivity contribution in [3.8, 4) is 6.07 Å². The number of aromatic nitrogens is 1. The molecule has 9 heteroatoms. The van der Waals surface area contributed by atoms with E-state index in [-0.39, 0.29) is 25.0 Å². The van der Waals surface area contributed by atoms with E-state index in [4.69, 9.17) is 14.2 Å². The Bertz CT molecular complexity index is 1160. The number of amides is 1. The molecule has 0 bridgehead atoms. The lowest BCUT2D eigenvalue weighted by molar-refractivity contribution is -0.116. The summed E-state index contributed by atoms with van der Waals surface area (Å²) < 4.78 is 15.8. The molecule has 8 nitrogen and oxygen atoms in total. The van der Waals surface area contributed by atoms with Crippen molar-refractivity contribution in [2.24, 2.45) is 0 Å². The summed E-state index contributed by atoms with van der Waals surface area (Å²) in [6.45, 7) is 7.66. The van der Waals surface area contributed by atoms with Crippen LogP contribution in [-0.4, -0.2) is 30.3 Å². The predicted octanol–water partition coefficient (Wildman–Crippen LogP) is 5.22. The van der Waals surface area contributed by atoms with E-state index in [1.54, 1.807) is 30.6 Å². The normalized spacial score (nSPS) is 14.7. The number of nitrogens with one attached hydrogen (secondary N) is 1. The molecule has 35 heavy (non-hydrogen) atoms. The third kappa shape index (κ3) is 7.29. The molecule has 0 radical (unpaired) electrons. The molecular weight excluding hydrogens is 466 g/mol. The molecule has 0 spiro atoms. The number of hydrogen-bond acceptors (Lipinski definition) is 8. The van der Waals surface area contributed by atoms with Crippen LogP contribution in [0.5, 0.6) is 0 Å². The van der Waals surface area contributed by atoms with E-state index in [1.807, 2.05) is 6.07 Å². The lowest BCUT2D eigenvalue weighted by Crippen LogP contribution is -2.25. The number of methoxy groups -OCH3 is 1. The van der Waals surface area contributed by atoms with Gasteiger partial charge >= 0.3 is 6.16 Å². The molecule has 1 unspecified atom stereocenters. The fraction of sp³-hybridized carbons (Fsp3) is 0.308. The Morgan fingerprint density at radius 1 is 1.40 bits per heavy atom. The zero-order valence-electron chi connectivity index (χ0n) is 19.5. The number of thiophene rings is 1. The van der Waals surface area contributed by atoms with E-state index in [1.165, 1.54) is 18.4 Å². The van der Waals surface area contributed by atoms with Gasteiger partial charge < -0.3 is 19.5 Å². The van der Waals surface area contributed by atoms with Gasteiger partial charge in [0.05, 0.1) is 12.7 Å². The van der Waals surface area contributed by atoms with E-state index in [2.05, 4.69) is 29.5 Å². The number of pyridine rings is 1. The summed E-state index contributed by atoms with van der Waals surface area (Å²) in [4.78, 5) is 29.5. The molecule has 1 amide bonds. The van der Waals surface area contributed by atoms with Gasteiger partial charge in [0.25, 0.3) is 0 Å². The highest BCUT2D eigenvalue weighted by Gasteiger charge is 2.29. The number of rotatable bonds is 10. The van der Waals surface area contributed by atoms with Gasteiger partial charge in [-0.3, -0.25) is 9.78 Å². The van der Waals surface area contributed by atoms with E-state index in [9.17, 15) is 14.9 Å². The average molecular weight is 494 g/mol. The number of anilines is 1. The summed E-state index contributed by atoms with van der Waals surface area (Å²) in [5.41, 5.74) is 2.88. The molecule has 1 N–H and O–H groups in total. The molecule has 0 aliphatic heterocycles. The van der Waals surface area contributed by atoms with Gasteiger partial charge in [-0.25, -0.2) is 4.79 Å². The van der Waals surface area contributed by atoms with Crippen molar-refractivity contribution in [3.63, 3.8) is 0 Å². The number of carbonyl (C=O) groups is 2. The summed E-state index contributed by atoms with van der Waals surface area (Å²) in [5.74, 6) is 0.366. The molecule has 1 aliphatic rings. The summed E-state index contributed by atoms with van der Waals surface area (Å²) in [6.07, 6.45) is 7.74. The second-order valence-electron chi connectivity index (χ2n) is 7.86. The fourth-order valence-corrected chi connectivity index (χ4v) is 4.87. The Morgan fingerprint density at radius 3 is 2.91 bits per heavy atom. The molecule has 3 rings (SSSR count). The summed E-state index contributed by atoms with van der Waals surface area (Å²) in [6, 6.07) is 5.78. The Hall–Kier alpha value is -3.90. The molecule has 1 atom stereocenters. The van der Waals surface area contributed by atoms with Crippen molar-refractivity contribution in [2.45, 2.75) is 44.8 Å². The van der Waals surface area contributed by atoms with Crippen LogP contribution in [0.25, 0.3) is 0 Å². The minimum atomic E-state index is -0.741. The number of ether oxygens (including phenoxy) is 3. The maximum Gasteiger partial charge on any atom is 0.508 e. The van der Waals surface area contributed by atoms with Crippen LogP contribution in [0.4, 0.5) is 9.80 Å². The smallest absolute Gasteiger partial charge is 0.497 e. The minimum absolute atomic E-state index is 0.0843. The van der Waals surface area contributed by atoms with Gasteiger partial charge in [-0.1, -0.05) is 24.8 Å². The second kappa shape index (κ2) is 12.5. The molecule has 2 aromatic heterocycles. The quantitative estimate of drug-likeness (QED) is 0.274. The Morgan fingerprint density at radius 2 is 2.23 bits per heavy atom. The van der Waals surface area contributed by atoms with Gasteiger partial charge in [0.1, 0.15) is 29.5 Å². The second-order valence-corrected chi connectivity index (χ2v) is 8.97. The fourth-order valence-electron chi connectivity index (χ4n) is 3.60. The van der Waals surface area contributed by atoms with Crippen molar-refractivity contribution < 1.29 is 23.8 Å². The third-order valence-corrected chi connectivity index (χ3v) is 6.55. The molecule has 0 saturated carbocycles. The van der Waals surface area contributed by atoms with Crippen molar-refractivity contribution in [1.29, 1.82) is 5.26 Å². The van der Waals surface area contributed by atoms with Gasteiger partial charge in [0.15, 0.2) is 0 Å². The van der Waals surface area contributed by atoms with Crippen LogP contribution in [0, 0.1) is 11.3 Å². The predicted molar refractivity (Wildman–Crippen MR) is 133 cm³/mol. The van der Waals surface area contributed by atoms with Crippen molar-refractivity contribution in [3.05, 3.63) is 82.7 Å². The van der Waals surface area contributed by atoms with Gasteiger partial charge in [-0.2, -0.15) is 5.26 Å². The largest absolute Gasteiger partial charge is 0.508 e. The first kappa shape index (κ1) is 25.7. The standard InChI is InChI=1S/C26H27N3O5S/c1-4-19(32-3)12-17(2)7-10-24(30)29-25-22(14-27)21-9-8-20(13-23(21)35-25)34-26(31)33-16-18-6-5-11-28-15-18/h4-6,11-12,15,20H,1-2,7-10,13,16H2,3H3,(H,29,30)/b19-12+. The first-order valence-electron chi connectivity index (χ1n) is 11.1. The Kier molecular flexibility index (Phi) is 9.21. The highest BCUT2D eigenvalue weighted by molar-refractivity contribution is 7.16. The van der Waals surface area contributed by atoms with Gasteiger partial charge in [0, 0.05) is 35.7 Å². The highest BCUT2D eigenvalue weighted by Crippen LogP contribution is 2.38. The summed E-state index contributed by atoms with van der Waals surface area (Å²) in [5, 5.41) is 13.1. The van der Waals surface area contributed by atoms with E-state index >= 15 is 0 Å². The number of carbonyl (C=O) groups excluding carboxylic acids is 2. The minimum Gasteiger partial charge on any atom is -0.497 e. The van der Waals surface area contributed by atoms with Crippen LogP contribution in [0.1, 0.15) is 40.8 Å². The first-order valence-corrected chi connectivity index (χ1v) is 11.9. The summed E-state index contributed by atoms with van der Waals surface area (Å²) in [7, 11) is 1.54. The number of nitrogens with zero attached hydrogens (tertiary/aromatic N) is 2. The maximum atomic E-state index is 12.5. The first-order chi connectivity index (χ1) is 16.9. The van der Waals surface area contributed by atoms with Crippen molar-refractivity contribution in [2.75, 3.05) is 12.4 Å². The van der Waals surface area contributed by atoms with Crippen LogP contribution in [0.15, 0.2) is 61.2 Å². The average Bonchev–Trinajstić information content (AvgIpc) is 3.21. The molecule has 0 aromatic carbocycles. The van der Waals surface area contributed by atoms with Crippen molar-refractivity contribution >= 4 is 28.4 Å². The highest BCUT2D eigenvalue weighted by atomic mass is 32.1. The number of hydrogen-bond donors (Lipinski definition) is 1. The van der Waals surface area contributed by atoms with Crippen LogP contribution in [0.3, 0.4) is 0 Å². The lowest BCUT2D eigenvalue weighted by Gasteiger charge is -2.22. The SMILES string of the molecule is C=C/C(=C\C(=C)CCC(=O)Nc1sc2c(c1C#N)CCC(OC(=O)OCc1cccnc1)C2)OC. The Labute approximate surface area is 208 Å².